The van der Waals surface area contributed by atoms with Gasteiger partial charge in [0.15, 0.2) is 0 Å². The molecular weight excluding hydrogens is 819 g/mol. The van der Waals surface area contributed by atoms with E-state index >= 15 is 0 Å². The van der Waals surface area contributed by atoms with Gasteiger partial charge in [-0.25, -0.2) is 9.97 Å². The van der Waals surface area contributed by atoms with Crippen LogP contribution in [-0.4, -0.2) is 33.8 Å². The van der Waals surface area contributed by atoms with E-state index in [9.17, 15) is 39.6 Å². The summed E-state index contributed by atoms with van der Waals surface area (Å²) in [7, 11) is 0. The van der Waals surface area contributed by atoms with Gasteiger partial charge in [-0.3, -0.25) is 0 Å². The van der Waals surface area contributed by atoms with Gasteiger partial charge in [0.2, 0.25) is 0 Å². The number of carboxylic acid groups (broad SMARTS) is 4. The molecule has 0 atom stereocenters. The van der Waals surface area contributed by atoms with Crippen molar-refractivity contribution in [1.82, 2.24) is 19.9 Å². The third-order valence-electron chi connectivity index (χ3n) is 10.2. The standard InChI is InChI=1S/C48H30N4O8.Ni/c53-45(54)29-9-1-25(2-10-29)41-33-17-19-35(49-33)42(26-3-11-30(12-4-26)46(55)56)37-21-23-39(51-37)44(28-7-15-32(16-8-28)48(59)60)40-24-22-38(52-40)43(36-20-18-34(41)50-36)27-5-13-31(14-6-27)47(57)58;/h1-24H,(H6,49,50,51,52,53,54,55,56,57,58,59,60);/q;+2/p-6. The Bertz CT molecular complexity index is 2760. The van der Waals surface area contributed by atoms with E-state index in [1.54, 1.807) is 97.1 Å². The van der Waals surface area contributed by atoms with Crippen molar-refractivity contribution < 1.29 is 56.1 Å². The molecule has 0 unspecified atom stereocenters. The number of carbonyl (C=O) groups excluding carboxylic acids is 4. The van der Waals surface area contributed by atoms with Gasteiger partial charge in [0, 0.05) is 0 Å². The second kappa shape index (κ2) is 15.9. The number of nitrogens with zero attached hydrogens (tertiary/aromatic N) is 4. The predicted octanol–water partition coefficient (Wildman–Crippen LogP) is 4.03. The third kappa shape index (κ3) is 7.41. The molecule has 4 aromatic carbocycles. The Morgan fingerprint density at radius 3 is 0.705 bits per heavy atom. The summed E-state index contributed by atoms with van der Waals surface area (Å²) in [5, 5.41) is 46.8. The zero-order chi connectivity index (χ0) is 41.7. The molecule has 0 aliphatic carbocycles. The summed E-state index contributed by atoms with van der Waals surface area (Å²) in [4.78, 5) is 67.2. The fourth-order valence-corrected chi connectivity index (χ4v) is 7.36. The molecule has 298 valence electrons. The largest absolute Gasteiger partial charge is 2.00 e. The second-order valence-electron chi connectivity index (χ2n) is 13.8. The maximum atomic E-state index is 11.7. The van der Waals surface area contributed by atoms with Crippen LogP contribution in [0.5, 0.6) is 0 Å². The summed E-state index contributed by atoms with van der Waals surface area (Å²) in [6.45, 7) is 0. The quantitative estimate of drug-likeness (QED) is 0.198. The Kier molecular flexibility index (Phi) is 10.3. The molecule has 0 spiro atoms. The summed E-state index contributed by atoms with van der Waals surface area (Å²) in [5.41, 5.74) is 8.39. The number of benzene rings is 4. The molecule has 2 aliphatic heterocycles. The molecule has 13 heteroatoms. The topological polar surface area (TPSA) is 214 Å². The maximum absolute atomic E-state index is 11.7. The van der Waals surface area contributed by atoms with Crippen LogP contribution in [0.4, 0.5) is 0 Å². The molecule has 0 saturated heterocycles. The molecule has 0 N–H and O–H groups in total. The number of carbonyl (C=O) groups is 4. The predicted molar refractivity (Wildman–Crippen MR) is 216 cm³/mol. The zero-order valence-corrected chi connectivity index (χ0v) is 32.2. The van der Waals surface area contributed by atoms with Crippen LogP contribution in [0.1, 0.15) is 64.2 Å². The van der Waals surface area contributed by atoms with Gasteiger partial charge >= 0.3 is 16.5 Å². The molecule has 9 rings (SSSR count). The Balaban J connectivity index is 0.00000514. The van der Waals surface area contributed by atoms with Crippen molar-refractivity contribution in [1.29, 1.82) is 0 Å². The van der Waals surface area contributed by atoms with Crippen LogP contribution in [0.3, 0.4) is 0 Å². The Morgan fingerprint density at radius 1 is 0.328 bits per heavy atom. The van der Waals surface area contributed by atoms with Gasteiger partial charge < -0.3 is 49.6 Å². The second-order valence-corrected chi connectivity index (χ2v) is 13.8. The smallest absolute Gasteiger partial charge is 0.657 e. The number of fused-ring (bicyclic) bond motifs is 8. The first-order valence-electron chi connectivity index (χ1n) is 18.4. The summed E-state index contributed by atoms with van der Waals surface area (Å²) < 4.78 is 0. The first kappa shape index (κ1) is 39.7. The molecule has 0 saturated carbocycles. The van der Waals surface area contributed by atoms with E-state index < -0.39 is 23.9 Å². The molecule has 8 bridgehead atoms. The number of aromatic carboxylic acids is 4. The van der Waals surface area contributed by atoms with Crippen LogP contribution >= 0.6 is 0 Å². The van der Waals surface area contributed by atoms with E-state index in [-0.39, 0.29) is 38.7 Å². The Hall–Kier alpha value is -8.15. The average Bonchev–Trinajstić information content (AvgIpc) is 4.10. The molecule has 0 radical (unpaired) electrons. The minimum Gasteiger partial charge on any atom is -0.657 e. The summed E-state index contributed by atoms with van der Waals surface area (Å²) >= 11 is 0. The third-order valence-corrected chi connectivity index (χ3v) is 10.2. The van der Waals surface area contributed by atoms with Gasteiger partial charge in [0.1, 0.15) is 0 Å². The molecule has 3 aromatic heterocycles. The van der Waals surface area contributed by atoms with Crippen LogP contribution < -0.4 is 30.4 Å². The van der Waals surface area contributed by atoms with E-state index in [0.717, 1.165) is 0 Å². The van der Waals surface area contributed by atoms with Crippen LogP contribution in [-0.2, 0) is 16.5 Å². The van der Waals surface area contributed by atoms with Crippen molar-refractivity contribution in [2.45, 2.75) is 0 Å². The van der Waals surface area contributed by atoms with Crippen molar-refractivity contribution in [3.8, 4) is 44.5 Å². The van der Waals surface area contributed by atoms with Gasteiger partial charge in [-0.1, -0.05) is 121 Å². The minimum absolute atomic E-state index is 0. The van der Waals surface area contributed by atoms with Gasteiger partial charge in [0.25, 0.3) is 0 Å². The van der Waals surface area contributed by atoms with Gasteiger partial charge in [-0.15, -0.1) is 22.1 Å². The molecule has 0 fully saturated rings. The Morgan fingerprint density at radius 2 is 0.525 bits per heavy atom. The fourth-order valence-electron chi connectivity index (χ4n) is 7.36. The first-order chi connectivity index (χ1) is 29.0. The van der Waals surface area contributed by atoms with E-state index in [4.69, 9.17) is 19.9 Å². The van der Waals surface area contributed by atoms with Crippen molar-refractivity contribution in [2.75, 3.05) is 0 Å². The molecule has 2 aliphatic rings. The number of aromatic nitrogens is 4. The van der Waals surface area contributed by atoms with Crippen molar-refractivity contribution in [3.63, 3.8) is 0 Å². The van der Waals surface area contributed by atoms with E-state index in [1.165, 1.54) is 48.5 Å². The molecule has 5 heterocycles. The monoisotopic (exact) mass is 842 g/mol. The number of hydrogen-bond acceptors (Lipinski definition) is 10. The SMILES string of the molecule is O=C([O-])c1ccc(-c2c3nc(c(-c4ccc(C(=O)[O-])cc4)c4ccc([n-]4)c(-c4ccc(C(=O)[O-])cc4)c4nc(c(-c5ccc(C(=O)[O-])cc5)c5ccc2[n-]5)C=C4)C=C3)cc1.[Ni+2]. The summed E-state index contributed by atoms with van der Waals surface area (Å²) in [6, 6.07) is 31.8. The van der Waals surface area contributed by atoms with Crippen molar-refractivity contribution in [3.05, 3.63) is 166 Å². The fraction of sp³-hybridized carbons (Fsp3) is 0. The van der Waals surface area contributed by atoms with Crippen LogP contribution in [0.2, 0.25) is 0 Å². The summed E-state index contributed by atoms with van der Waals surface area (Å²) in [5.74, 6) is -5.34. The van der Waals surface area contributed by atoms with E-state index in [2.05, 4.69) is 0 Å². The molecule has 7 aromatic rings. The minimum atomic E-state index is -1.34. The number of hydrogen-bond donors (Lipinski definition) is 0. The van der Waals surface area contributed by atoms with Crippen molar-refractivity contribution >= 4 is 70.2 Å². The number of rotatable bonds is 8. The number of carboxylic acids is 4. The molecule has 0 amide bonds. The van der Waals surface area contributed by atoms with Gasteiger partial charge in [-0.05, 0) is 91.1 Å². The summed E-state index contributed by atoms with van der Waals surface area (Å²) in [6.07, 6.45) is 7.20. The maximum Gasteiger partial charge on any atom is 2.00 e. The molecular formula is C48H24N4NiO8-4. The Labute approximate surface area is 355 Å². The van der Waals surface area contributed by atoms with Gasteiger partial charge in [0.05, 0.1) is 46.7 Å². The van der Waals surface area contributed by atoms with Gasteiger partial charge in [-0.2, -0.15) is 0 Å². The average molecular weight is 843 g/mol. The first-order valence-corrected chi connectivity index (χ1v) is 18.4. The van der Waals surface area contributed by atoms with Crippen LogP contribution in [0.15, 0.2) is 121 Å². The van der Waals surface area contributed by atoms with Crippen LogP contribution in [0.25, 0.3) is 90.9 Å². The molecule has 61 heavy (non-hydrogen) atoms. The zero-order valence-electron chi connectivity index (χ0n) is 31.2. The van der Waals surface area contributed by atoms with E-state index in [1.807, 2.05) is 0 Å². The molecule has 12 nitrogen and oxygen atoms in total. The van der Waals surface area contributed by atoms with Crippen LogP contribution in [0, 0.1) is 0 Å². The van der Waals surface area contributed by atoms with Crippen molar-refractivity contribution in [2.24, 2.45) is 0 Å². The normalized spacial score (nSPS) is 11.5. The van der Waals surface area contributed by atoms with E-state index in [0.29, 0.717) is 89.4 Å².